The molecule has 0 bridgehead atoms. The van der Waals surface area contributed by atoms with Crippen LogP contribution < -0.4 is 0 Å². The highest BCUT2D eigenvalue weighted by Crippen LogP contribution is 2.29. The Balaban J connectivity index is 2.07. The molecular formula is C11H20BrNO4S2. The molecule has 0 radical (unpaired) electrons. The van der Waals surface area contributed by atoms with Gasteiger partial charge < -0.3 is 0 Å². The van der Waals surface area contributed by atoms with Crippen molar-refractivity contribution in [1.82, 2.24) is 4.31 Å². The van der Waals surface area contributed by atoms with E-state index >= 15 is 0 Å². The Morgan fingerprint density at radius 2 is 1.74 bits per heavy atom. The van der Waals surface area contributed by atoms with Gasteiger partial charge in [-0.05, 0) is 25.2 Å². The summed E-state index contributed by atoms with van der Waals surface area (Å²) in [6.45, 7) is 3.10. The molecule has 0 amide bonds. The molecule has 2 unspecified atom stereocenters. The second-order valence-corrected chi connectivity index (χ2v) is 11.2. The molecule has 0 aromatic carbocycles. The van der Waals surface area contributed by atoms with Gasteiger partial charge in [-0.3, -0.25) is 0 Å². The van der Waals surface area contributed by atoms with E-state index in [0.29, 0.717) is 17.9 Å². The van der Waals surface area contributed by atoms with Gasteiger partial charge in [0.25, 0.3) is 0 Å². The predicted octanol–water partition coefficient (Wildman–Crippen LogP) is 0.999. The maximum Gasteiger partial charge on any atom is 0.217 e. The van der Waals surface area contributed by atoms with Crippen LogP contribution in [0.25, 0.3) is 0 Å². The van der Waals surface area contributed by atoms with Crippen LogP contribution >= 0.6 is 15.9 Å². The normalized spacial score (nSPS) is 34.2. The highest BCUT2D eigenvalue weighted by Gasteiger charge is 2.39. The van der Waals surface area contributed by atoms with E-state index in [9.17, 15) is 16.8 Å². The third-order valence-corrected chi connectivity index (χ3v) is 9.49. The van der Waals surface area contributed by atoms with E-state index in [4.69, 9.17) is 0 Å². The van der Waals surface area contributed by atoms with E-state index < -0.39 is 25.1 Å². The first-order chi connectivity index (χ1) is 8.72. The second-order valence-electron chi connectivity index (χ2n) is 5.54. The number of sulfone groups is 1. The number of hydrogen-bond acceptors (Lipinski definition) is 4. The van der Waals surface area contributed by atoms with Crippen molar-refractivity contribution in [2.24, 2.45) is 5.92 Å². The topological polar surface area (TPSA) is 71.5 Å². The average molecular weight is 374 g/mol. The highest BCUT2D eigenvalue weighted by atomic mass is 79.9. The summed E-state index contributed by atoms with van der Waals surface area (Å²) >= 11 is 3.56. The van der Waals surface area contributed by atoms with Crippen LogP contribution in [-0.4, -0.2) is 55.8 Å². The van der Waals surface area contributed by atoms with Gasteiger partial charge in [0.2, 0.25) is 10.0 Å². The molecule has 0 aromatic rings. The maximum atomic E-state index is 12.5. The van der Waals surface area contributed by atoms with Gasteiger partial charge in [-0.1, -0.05) is 22.9 Å². The van der Waals surface area contributed by atoms with Gasteiger partial charge in [0.1, 0.15) is 9.84 Å². The number of sulfonamides is 1. The Labute approximate surface area is 123 Å². The molecule has 2 aliphatic rings. The highest BCUT2D eigenvalue weighted by molar-refractivity contribution is 9.09. The molecule has 0 saturated carbocycles. The zero-order valence-corrected chi connectivity index (χ0v) is 14.2. The van der Waals surface area contributed by atoms with E-state index in [1.807, 2.05) is 6.92 Å². The summed E-state index contributed by atoms with van der Waals surface area (Å²) in [4.78, 5) is 0.366. The van der Waals surface area contributed by atoms with Crippen molar-refractivity contribution in [3.8, 4) is 0 Å². The molecule has 2 atom stereocenters. The molecule has 0 spiro atoms. The predicted molar refractivity (Wildman–Crippen MR) is 78.7 cm³/mol. The molecule has 2 saturated heterocycles. The Morgan fingerprint density at radius 1 is 1.16 bits per heavy atom. The largest absolute Gasteiger partial charge is 0.229 e. The Bertz CT molecular complexity index is 517. The van der Waals surface area contributed by atoms with Gasteiger partial charge in [-0.25, -0.2) is 21.1 Å². The zero-order valence-electron chi connectivity index (χ0n) is 11.0. The Kier molecular flexibility index (Phi) is 4.65. The standard InChI is InChI=1S/C11H20BrNO4S2/c1-9-8-13(5-2-11(9)12)19(16,17)10-3-6-18(14,15)7-4-10/h9-11H,2-8H2,1H3. The molecular weight excluding hydrogens is 354 g/mol. The van der Waals surface area contributed by atoms with Crippen molar-refractivity contribution in [2.75, 3.05) is 24.6 Å². The van der Waals surface area contributed by atoms with Gasteiger partial charge in [-0.2, -0.15) is 0 Å². The number of halogens is 1. The van der Waals surface area contributed by atoms with Crippen molar-refractivity contribution in [2.45, 2.75) is 36.3 Å². The van der Waals surface area contributed by atoms with Crippen LogP contribution in [0.3, 0.4) is 0 Å². The summed E-state index contributed by atoms with van der Waals surface area (Å²) < 4.78 is 49.4. The lowest BCUT2D eigenvalue weighted by Crippen LogP contribution is -2.48. The van der Waals surface area contributed by atoms with Gasteiger partial charge in [0.05, 0.1) is 16.8 Å². The van der Waals surface area contributed by atoms with E-state index in [2.05, 4.69) is 15.9 Å². The van der Waals surface area contributed by atoms with Crippen molar-refractivity contribution >= 4 is 35.8 Å². The number of alkyl halides is 1. The lowest BCUT2D eigenvalue weighted by molar-refractivity contribution is 0.288. The Hall–Kier alpha value is 0.340. The third-order valence-electron chi connectivity index (χ3n) is 4.05. The molecule has 0 N–H and O–H groups in total. The summed E-state index contributed by atoms with van der Waals surface area (Å²) in [5.74, 6) is 0.291. The minimum absolute atomic E-state index is 0.00135. The summed E-state index contributed by atoms with van der Waals surface area (Å²) in [6.07, 6.45) is 1.30. The number of hydrogen-bond donors (Lipinski definition) is 0. The van der Waals surface area contributed by atoms with E-state index in [1.54, 1.807) is 4.31 Å². The average Bonchev–Trinajstić information content (AvgIpc) is 2.32. The lowest BCUT2D eigenvalue weighted by atomic mass is 10.0. The first kappa shape index (κ1) is 15.7. The van der Waals surface area contributed by atoms with Crippen LogP contribution in [0.2, 0.25) is 0 Å². The molecule has 112 valence electrons. The van der Waals surface area contributed by atoms with Crippen molar-refractivity contribution in [3.05, 3.63) is 0 Å². The lowest BCUT2D eigenvalue weighted by Gasteiger charge is -2.36. The van der Waals surface area contributed by atoms with Gasteiger partial charge in [-0.15, -0.1) is 0 Å². The first-order valence-electron chi connectivity index (χ1n) is 6.56. The number of nitrogens with zero attached hydrogens (tertiary/aromatic N) is 1. The second kappa shape index (κ2) is 5.61. The quantitative estimate of drug-likeness (QED) is 0.676. The van der Waals surface area contributed by atoms with Crippen LogP contribution in [0.4, 0.5) is 0 Å². The van der Waals surface area contributed by atoms with Gasteiger partial charge in [0.15, 0.2) is 0 Å². The van der Waals surface area contributed by atoms with Crippen LogP contribution in [-0.2, 0) is 19.9 Å². The third kappa shape index (κ3) is 3.51. The summed E-state index contributed by atoms with van der Waals surface area (Å²) in [5.41, 5.74) is 0. The molecule has 19 heavy (non-hydrogen) atoms. The van der Waals surface area contributed by atoms with Crippen LogP contribution in [0.5, 0.6) is 0 Å². The first-order valence-corrected chi connectivity index (χ1v) is 10.8. The molecule has 2 fully saturated rings. The zero-order chi connectivity index (χ0) is 14.3. The summed E-state index contributed by atoms with van der Waals surface area (Å²) in [7, 11) is -6.36. The number of piperidine rings is 1. The molecule has 0 aliphatic carbocycles. The molecule has 2 heterocycles. The molecule has 0 aromatic heterocycles. The van der Waals surface area contributed by atoms with Gasteiger partial charge >= 0.3 is 0 Å². The molecule has 2 rings (SSSR count). The fraction of sp³-hybridized carbons (Fsp3) is 1.00. The number of rotatable bonds is 2. The van der Waals surface area contributed by atoms with E-state index in [1.165, 1.54) is 0 Å². The SMILES string of the molecule is CC1CN(S(=O)(=O)C2CCS(=O)(=O)CC2)CCC1Br. The van der Waals surface area contributed by atoms with Crippen LogP contribution in [0, 0.1) is 5.92 Å². The van der Waals surface area contributed by atoms with E-state index in [-0.39, 0.29) is 30.3 Å². The maximum absolute atomic E-state index is 12.5. The van der Waals surface area contributed by atoms with Crippen molar-refractivity contribution < 1.29 is 16.8 Å². The minimum Gasteiger partial charge on any atom is -0.229 e. The molecule has 8 heteroatoms. The summed E-state index contributed by atoms with van der Waals surface area (Å²) in [6, 6.07) is 0. The fourth-order valence-electron chi connectivity index (χ4n) is 2.69. The smallest absolute Gasteiger partial charge is 0.217 e. The van der Waals surface area contributed by atoms with Crippen LogP contribution in [0.15, 0.2) is 0 Å². The van der Waals surface area contributed by atoms with E-state index in [0.717, 1.165) is 6.42 Å². The molecule has 5 nitrogen and oxygen atoms in total. The fourth-order valence-corrected chi connectivity index (χ4v) is 6.90. The van der Waals surface area contributed by atoms with Crippen molar-refractivity contribution in [3.63, 3.8) is 0 Å². The molecule has 2 aliphatic heterocycles. The Morgan fingerprint density at radius 3 is 2.26 bits per heavy atom. The van der Waals surface area contributed by atoms with Crippen molar-refractivity contribution in [1.29, 1.82) is 0 Å². The monoisotopic (exact) mass is 373 g/mol. The van der Waals surface area contributed by atoms with Crippen LogP contribution in [0.1, 0.15) is 26.2 Å². The minimum atomic E-state index is -3.34. The van der Waals surface area contributed by atoms with Gasteiger partial charge in [0, 0.05) is 17.9 Å². The summed E-state index contributed by atoms with van der Waals surface area (Å²) in [5, 5.41) is -0.518.